The first kappa shape index (κ1) is 16.4. The van der Waals surface area contributed by atoms with Crippen LogP contribution in [-0.2, 0) is 16.2 Å². The van der Waals surface area contributed by atoms with Crippen LogP contribution in [0.15, 0.2) is 27.6 Å². The maximum Gasteiger partial charge on any atom is 0.417 e. The number of benzene rings is 1. The van der Waals surface area contributed by atoms with Gasteiger partial charge in [0.2, 0.25) is 10.0 Å². The largest absolute Gasteiger partial charge is 0.417 e. The van der Waals surface area contributed by atoms with Crippen molar-refractivity contribution in [2.45, 2.75) is 24.0 Å². The molecule has 108 valence electrons. The minimum Gasteiger partial charge on any atom is -0.395 e. The lowest BCUT2D eigenvalue weighted by atomic mass is 10.2. The van der Waals surface area contributed by atoms with Gasteiger partial charge in [-0.1, -0.05) is 15.9 Å². The van der Waals surface area contributed by atoms with E-state index in [-0.39, 0.29) is 4.47 Å². The molecule has 0 saturated heterocycles. The molecule has 0 unspecified atom stereocenters. The van der Waals surface area contributed by atoms with E-state index >= 15 is 0 Å². The second kappa shape index (κ2) is 5.78. The number of rotatable bonds is 4. The molecule has 1 aromatic carbocycles. The lowest BCUT2D eigenvalue weighted by molar-refractivity contribution is -0.138. The summed E-state index contributed by atoms with van der Waals surface area (Å²) in [6.45, 7) is 0.933. The molecule has 0 aromatic heterocycles. The van der Waals surface area contributed by atoms with E-state index in [2.05, 4.69) is 20.7 Å². The SMILES string of the molecule is C[C@@H](CO)NS(=O)(=O)c1ccc(Br)c(C(F)(F)F)c1. The Morgan fingerprint density at radius 3 is 2.47 bits per heavy atom. The summed E-state index contributed by atoms with van der Waals surface area (Å²) >= 11 is 2.72. The molecule has 0 fully saturated rings. The molecule has 19 heavy (non-hydrogen) atoms. The second-order valence-corrected chi connectivity index (χ2v) is 6.41. The van der Waals surface area contributed by atoms with Gasteiger partial charge >= 0.3 is 6.18 Å². The van der Waals surface area contributed by atoms with Crippen LogP contribution in [0.5, 0.6) is 0 Å². The van der Waals surface area contributed by atoms with Crippen LogP contribution in [0.4, 0.5) is 13.2 Å². The number of hydrogen-bond acceptors (Lipinski definition) is 3. The highest BCUT2D eigenvalue weighted by molar-refractivity contribution is 9.10. The van der Waals surface area contributed by atoms with Gasteiger partial charge in [0.05, 0.1) is 17.1 Å². The number of halogens is 4. The van der Waals surface area contributed by atoms with Crippen LogP contribution < -0.4 is 4.72 Å². The van der Waals surface area contributed by atoms with Crippen molar-refractivity contribution < 1.29 is 26.7 Å². The van der Waals surface area contributed by atoms with Gasteiger partial charge in [-0.05, 0) is 25.1 Å². The van der Waals surface area contributed by atoms with Crippen LogP contribution in [0.3, 0.4) is 0 Å². The maximum absolute atomic E-state index is 12.7. The van der Waals surface area contributed by atoms with Gasteiger partial charge in [0.25, 0.3) is 0 Å². The summed E-state index contributed by atoms with van der Waals surface area (Å²) in [5.74, 6) is 0. The highest BCUT2D eigenvalue weighted by atomic mass is 79.9. The summed E-state index contributed by atoms with van der Waals surface area (Å²) in [6.07, 6.45) is -4.66. The Bertz CT molecular complexity index is 560. The van der Waals surface area contributed by atoms with Crippen LogP contribution >= 0.6 is 15.9 Å². The molecule has 0 bridgehead atoms. The topological polar surface area (TPSA) is 66.4 Å². The lowest BCUT2D eigenvalue weighted by Gasteiger charge is -2.14. The van der Waals surface area contributed by atoms with Crippen molar-refractivity contribution in [2.75, 3.05) is 6.61 Å². The fourth-order valence-electron chi connectivity index (χ4n) is 1.26. The third-order valence-corrected chi connectivity index (χ3v) is 4.46. The van der Waals surface area contributed by atoms with Crippen molar-refractivity contribution in [1.82, 2.24) is 4.72 Å². The smallest absolute Gasteiger partial charge is 0.395 e. The first-order valence-electron chi connectivity index (χ1n) is 5.08. The van der Waals surface area contributed by atoms with Gasteiger partial charge < -0.3 is 5.11 Å². The summed E-state index contributed by atoms with van der Waals surface area (Å²) in [4.78, 5) is -0.511. The fourth-order valence-corrected chi connectivity index (χ4v) is 2.99. The number of aliphatic hydroxyl groups is 1. The molecule has 0 spiro atoms. The van der Waals surface area contributed by atoms with Crippen molar-refractivity contribution in [1.29, 1.82) is 0 Å². The Labute approximate surface area is 116 Å². The zero-order chi connectivity index (χ0) is 14.8. The van der Waals surface area contributed by atoms with Gasteiger partial charge in [-0.15, -0.1) is 0 Å². The van der Waals surface area contributed by atoms with Crippen molar-refractivity contribution in [2.24, 2.45) is 0 Å². The Kier molecular flexibility index (Phi) is 4.99. The Balaban J connectivity index is 3.23. The van der Waals surface area contributed by atoms with E-state index in [0.717, 1.165) is 12.1 Å². The predicted molar refractivity (Wildman–Crippen MR) is 66.0 cm³/mol. The van der Waals surface area contributed by atoms with Crippen molar-refractivity contribution >= 4 is 26.0 Å². The first-order chi connectivity index (χ1) is 8.58. The molecule has 0 aliphatic carbocycles. The van der Waals surface area contributed by atoms with Crippen LogP contribution in [0.2, 0.25) is 0 Å². The van der Waals surface area contributed by atoms with Gasteiger partial charge in [0.15, 0.2) is 0 Å². The maximum atomic E-state index is 12.7. The standard InChI is InChI=1S/C10H11BrF3NO3S/c1-6(5-16)15-19(17,18)7-2-3-9(11)8(4-7)10(12,13)14/h2-4,6,15-16H,5H2,1H3/t6-/m0/s1. The Morgan fingerprint density at radius 2 is 2.00 bits per heavy atom. The van der Waals surface area contributed by atoms with E-state index in [0.29, 0.717) is 6.07 Å². The molecule has 0 saturated carbocycles. The molecule has 1 atom stereocenters. The van der Waals surface area contributed by atoms with E-state index in [1.54, 1.807) is 0 Å². The van der Waals surface area contributed by atoms with Crippen LogP contribution in [0, 0.1) is 0 Å². The van der Waals surface area contributed by atoms with Crippen LogP contribution in [-0.4, -0.2) is 26.2 Å². The molecule has 1 aromatic rings. The fraction of sp³-hybridized carbons (Fsp3) is 0.400. The lowest BCUT2D eigenvalue weighted by Crippen LogP contribution is -2.35. The zero-order valence-electron chi connectivity index (χ0n) is 9.70. The minimum absolute atomic E-state index is 0.242. The number of nitrogens with one attached hydrogen (secondary N) is 1. The molecule has 0 heterocycles. The molecular formula is C10H11BrF3NO3S. The number of hydrogen-bond donors (Lipinski definition) is 2. The van der Waals surface area contributed by atoms with Gasteiger partial charge in [-0.3, -0.25) is 0 Å². The van der Waals surface area contributed by atoms with E-state index < -0.39 is 39.3 Å². The van der Waals surface area contributed by atoms with Crippen molar-refractivity contribution in [3.8, 4) is 0 Å². The van der Waals surface area contributed by atoms with Crippen molar-refractivity contribution in [3.63, 3.8) is 0 Å². The molecule has 2 N–H and O–H groups in total. The van der Waals surface area contributed by atoms with Gasteiger partial charge in [0, 0.05) is 10.5 Å². The highest BCUT2D eigenvalue weighted by Crippen LogP contribution is 2.36. The van der Waals surface area contributed by atoms with Crippen LogP contribution in [0.25, 0.3) is 0 Å². The molecule has 9 heteroatoms. The van der Waals surface area contributed by atoms with Gasteiger partial charge in [-0.25, -0.2) is 13.1 Å². The first-order valence-corrected chi connectivity index (χ1v) is 7.35. The monoisotopic (exact) mass is 361 g/mol. The third kappa shape index (κ3) is 4.16. The summed E-state index contributed by atoms with van der Waals surface area (Å²) in [7, 11) is -4.10. The normalized spacial score (nSPS) is 14.4. The van der Waals surface area contributed by atoms with Crippen LogP contribution in [0.1, 0.15) is 12.5 Å². The summed E-state index contributed by atoms with van der Waals surface area (Å²) in [6, 6.07) is 1.81. The molecule has 0 amide bonds. The van der Waals surface area contributed by atoms with E-state index in [1.165, 1.54) is 6.92 Å². The molecule has 1 rings (SSSR count). The average molecular weight is 362 g/mol. The predicted octanol–water partition coefficient (Wildman–Crippen LogP) is 2.13. The highest BCUT2D eigenvalue weighted by Gasteiger charge is 2.34. The molecule has 0 aliphatic rings. The second-order valence-electron chi connectivity index (χ2n) is 3.84. The summed E-state index contributed by atoms with van der Waals surface area (Å²) in [5.41, 5.74) is -1.08. The van der Waals surface area contributed by atoms with E-state index in [1.807, 2.05) is 0 Å². The minimum atomic E-state index is -4.66. The molecular weight excluding hydrogens is 351 g/mol. The summed E-state index contributed by atoms with van der Waals surface area (Å²) in [5, 5.41) is 8.76. The van der Waals surface area contributed by atoms with Gasteiger partial charge in [0.1, 0.15) is 0 Å². The molecule has 0 aliphatic heterocycles. The molecule has 0 radical (unpaired) electrons. The third-order valence-electron chi connectivity index (χ3n) is 2.18. The number of alkyl halides is 3. The summed E-state index contributed by atoms with van der Waals surface area (Å²) < 4.78 is 63.4. The Morgan fingerprint density at radius 1 is 1.42 bits per heavy atom. The average Bonchev–Trinajstić information content (AvgIpc) is 2.26. The van der Waals surface area contributed by atoms with Gasteiger partial charge in [-0.2, -0.15) is 13.2 Å². The molecule has 4 nitrogen and oxygen atoms in total. The number of aliphatic hydroxyl groups excluding tert-OH is 1. The quantitative estimate of drug-likeness (QED) is 0.863. The van der Waals surface area contributed by atoms with Crippen molar-refractivity contribution in [3.05, 3.63) is 28.2 Å². The van der Waals surface area contributed by atoms with E-state index in [9.17, 15) is 21.6 Å². The van der Waals surface area contributed by atoms with E-state index in [4.69, 9.17) is 5.11 Å². The zero-order valence-corrected chi connectivity index (χ0v) is 12.1. The number of sulfonamides is 1. The Hall–Kier alpha value is -0.640.